The van der Waals surface area contributed by atoms with Gasteiger partial charge in [0.05, 0.1) is 23.4 Å². The zero-order valence-corrected chi connectivity index (χ0v) is 17.2. The lowest BCUT2D eigenvalue weighted by Gasteiger charge is -2.41. The smallest absolute Gasteiger partial charge is 0.315 e. The maximum absolute atomic E-state index is 11.7. The molecule has 0 bridgehead atoms. The number of thiocarbonyl (C=S) groups is 1. The Morgan fingerprint density at radius 3 is 2.48 bits per heavy atom. The van der Waals surface area contributed by atoms with Gasteiger partial charge in [0.25, 0.3) is 0 Å². The second kappa shape index (κ2) is 9.90. The third-order valence-electron chi connectivity index (χ3n) is 4.71. The molecule has 0 aromatic heterocycles. The summed E-state index contributed by atoms with van der Waals surface area (Å²) in [6, 6.07) is 21.2. The van der Waals surface area contributed by atoms with Crippen LogP contribution in [0.1, 0.15) is 36.9 Å². The van der Waals surface area contributed by atoms with E-state index >= 15 is 0 Å². The van der Waals surface area contributed by atoms with Gasteiger partial charge in [-0.2, -0.15) is 0 Å². The van der Waals surface area contributed by atoms with Gasteiger partial charge in [0.15, 0.2) is 0 Å². The summed E-state index contributed by atoms with van der Waals surface area (Å²) in [5.74, 6) is 0.248. The number of hydrogen-bond donors (Lipinski definition) is 0. The second-order valence-corrected chi connectivity index (χ2v) is 8.37. The first-order valence-electron chi connectivity index (χ1n) is 9.33. The van der Waals surface area contributed by atoms with Gasteiger partial charge in [-0.3, -0.25) is 4.79 Å². The molecular formula is C22H25NO2S2. The minimum absolute atomic E-state index is 0.142. The third kappa shape index (κ3) is 5.56. The van der Waals surface area contributed by atoms with Crippen LogP contribution in [0.15, 0.2) is 60.7 Å². The predicted octanol–water partition coefficient (Wildman–Crippen LogP) is 5.02. The molecule has 0 amide bonds. The van der Waals surface area contributed by atoms with E-state index < -0.39 is 0 Å². The van der Waals surface area contributed by atoms with Crippen LogP contribution < -0.4 is 0 Å². The Labute approximate surface area is 171 Å². The second-order valence-electron chi connectivity index (χ2n) is 6.61. The Kier molecular flexibility index (Phi) is 7.30. The van der Waals surface area contributed by atoms with Gasteiger partial charge in [0, 0.05) is 18.2 Å². The fourth-order valence-corrected chi connectivity index (χ4v) is 4.98. The van der Waals surface area contributed by atoms with Crippen molar-refractivity contribution in [2.75, 3.05) is 12.4 Å². The summed E-state index contributed by atoms with van der Waals surface area (Å²) < 4.78 is 5.07. The van der Waals surface area contributed by atoms with Gasteiger partial charge >= 0.3 is 5.97 Å². The highest BCUT2D eigenvalue weighted by atomic mass is 32.2. The molecule has 27 heavy (non-hydrogen) atoms. The normalized spacial score (nSPS) is 19.7. The van der Waals surface area contributed by atoms with Crippen molar-refractivity contribution in [2.24, 2.45) is 0 Å². The van der Waals surface area contributed by atoms with Gasteiger partial charge in [-0.05, 0) is 24.5 Å². The Hall–Kier alpha value is -1.85. The molecule has 1 aliphatic rings. The SMILES string of the molecule is CCOC(=O)CS[C@H]1CC(=S)N(Cc2ccccc2)[C@H](c2ccccc2)C1. The molecule has 142 valence electrons. The van der Waals surface area contributed by atoms with Crippen molar-refractivity contribution in [3.63, 3.8) is 0 Å². The van der Waals surface area contributed by atoms with E-state index in [1.807, 2.05) is 19.1 Å². The fraction of sp³-hybridized carbons (Fsp3) is 0.364. The lowest BCUT2D eigenvalue weighted by molar-refractivity contribution is -0.139. The van der Waals surface area contributed by atoms with Crippen LogP contribution in [0.3, 0.4) is 0 Å². The van der Waals surface area contributed by atoms with Crippen LogP contribution in [0.2, 0.25) is 0 Å². The highest BCUT2D eigenvalue weighted by Crippen LogP contribution is 2.38. The average Bonchev–Trinajstić information content (AvgIpc) is 2.70. The Morgan fingerprint density at radius 1 is 1.15 bits per heavy atom. The molecule has 2 atom stereocenters. The Morgan fingerprint density at radius 2 is 1.81 bits per heavy atom. The molecular weight excluding hydrogens is 374 g/mol. The van der Waals surface area contributed by atoms with Gasteiger partial charge in [-0.15, -0.1) is 11.8 Å². The summed E-state index contributed by atoms with van der Waals surface area (Å²) in [5.41, 5.74) is 2.54. The third-order valence-corrected chi connectivity index (χ3v) is 6.34. The van der Waals surface area contributed by atoms with Crippen molar-refractivity contribution in [1.82, 2.24) is 4.90 Å². The molecule has 1 aliphatic heterocycles. The Balaban J connectivity index is 1.75. The van der Waals surface area contributed by atoms with Gasteiger partial charge in [0.1, 0.15) is 0 Å². The molecule has 0 spiro atoms. The van der Waals surface area contributed by atoms with Crippen molar-refractivity contribution >= 4 is 34.9 Å². The van der Waals surface area contributed by atoms with Crippen LogP contribution in [0.4, 0.5) is 0 Å². The van der Waals surface area contributed by atoms with Crippen molar-refractivity contribution in [2.45, 2.75) is 37.6 Å². The minimum Gasteiger partial charge on any atom is -0.465 e. The number of likely N-dealkylation sites (tertiary alicyclic amines) is 1. The number of rotatable bonds is 7. The molecule has 0 unspecified atom stereocenters. The number of piperidine rings is 1. The molecule has 0 radical (unpaired) electrons. The number of ether oxygens (including phenoxy) is 1. The van der Waals surface area contributed by atoms with E-state index in [0.717, 1.165) is 24.4 Å². The lowest BCUT2D eigenvalue weighted by Crippen LogP contribution is -2.41. The molecule has 1 fully saturated rings. The summed E-state index contributed by atoms with van der Waals surface area (Å²) in [6.45, 7) is 3.08. The molecule has 0 saturated carbocycles. The summed E-state index contributed by atoms with van der Waals surface area (Å²) in [6.07, 6.45) is 1.80. The molecule has 0 N–H and O–H groups in total. The van der Waals surface area contributed by atoms with Crippen LogP contribution in [0.5, 0.6) is 0 Å². The number of hydrogen-bond acceptors (Lipinski definition) is 4. The van der Waals surface area contributed by atoms with E-state index in [1.165, 1.54) is 11.1 Å². The number of carbonyl (C=O) groups is 1. The first kappa shape index (κ1) is 19.9. The number of carbonyl (C=O) groups excluding carboxylic acids is 1. The maximum Gasteiger partial charge on any atom is 0.315 e. The van der Waals surface area contributed by atoms with Gasteiger partial charge in [-0.25, -0.2) is 0 Å². The summed E-state index contributed by atoms with van der Waals surface area (Å²) >= 11 is 7.48. The van der Waals surface area contributed by atoms with E-state index in [4.69, 9.17) is 17.0 Å². The van der Waals surface area contributed by atoms with Crippen LogP contribution in [-0.4, -0.2) is 33.5 Å². The first-order valence-corrected chi connectivity index (χ1v) is 10.8. The number of thioether (sulfide) groups is 1. The van der Waals surface area contributed by atoms with Crippen molar-refractivity contribution in [3.05, 3.63) is 71.8 Å². The number of benzene rings is 2. The standard InChI is InChI=1S/C22H25NO2S2/c1-2-25-22(24)16-27-19-13-20(18-11-7-4-8-12-18)23(21(26)14-19)15-17-9-5-3-6-10-17/h3-12,19-20H,2,13-16H2,1H3/t19-,20+/m1/s1. The summed E-state index contributed by atoms with van der Waals surface area (Å²) in [5, 5.41) is 0.333. The van der Waals surface area contributed by atoms with Crippen LogP contribution in [0.25, 0.3) is 0 Å². The van der Waals surface area contributed by atoms with Crippen molar-refractivity contribution < 1.29 is 9.53 Å². The molecule has 1 saturated heterocycles. The molecule has 2 aromatic carbocycles. The molecule has 5 heteroatoms. The van der Waals surface area contributed by atoms with Gasteiger partial charge < -0.3 is 9.64 Å². The van der Waals surface area contributed by atoms with Crippen LogP contribution in [-0.2, 0) is 16.1 Å². The zero-order chi connectivity index (χ0) is 19.1. The fourth-order valence-electron chi connectivity index (χ4n) is 3.43. The van der Waals surface area contributed by atoms with E-state index in [-0.39, 0.29) is 12.0 Å². The minimum atomic E-state index is -0.142. The monoisotopic (exact) mass is 399 g/mol. The quantitative estimate of drug-likeness (QED) is 0.482. The molecule has 3 nitrogen and oxygen atoms in total. The average molecular weight is 400 g/mol. The van der Waals surface area contributed by atoms with E-state index in [1.54, 1.807) is 11.8 Å². The number of nitrogens with zero attached hydrogens (tertiary/aromatic N) is 1. The number of esters is 1. The first-order chi connectivity index (χ1) is 13.2. The highest BCUT2D eigenvalue weighted by molar-refractivity contribution is 8.00. The summed E-state index contributed by atoms with van der Waals surface area (Å²) in [4.78, 5) is 15.1. The van der Waals surface area contributed by atoms with Gasteiger partial charge in [0.2, 0.25) is 0 Å². The highest BCUT2D eigenvalue weighted by Gasteiger charge is 2.33. The van der Waals surface area contributed by atoms with E-state index in [0.29, 0.717) is 17.6 Å². The lowest BCUT2D eigenvalue weighted by atomic mass is 9.94. The summed E-state index contributed by atoms with van der Waals surface area (Å²) in [7, 11) is 0. The van der Waals surface area contributed by atoms with E-state index in [9.17, 15) is 4.79 Å². The molecule has 0 aliphatic carbocycles. The largest absolute Gasteiger partial charge is 0.465 e. The van der Waals surface area contributed by atoms with E-state index in [2.05, 4.69) is 53.4 Å². The van der Waals surface area contributed by atoms with Crippen molar-refractivity contribution in [1.29, 1.82) is 0 Å². The van der Waals surface area contributed by atoms with Gasteiger partial charge in [-0.1, -0.05) is 72.9 Å². The maximum atomic E-state index is 11.7. The molecule has 2 aromatic rings. The van der Waals surface area contributed by atoms with Crippen LogP contribution in [0, 0.1) is 0 Å². The van der Waals surface area contributed by atoms with Crippen molar-refractivity contribution in [3.8, 4) is 0 Å². The Bertz CT molecular complexity index is 751. The topological polar surface area (TPSA) is 29.5 Å². The predicted molar refractivity (Wildman–Crippen MR) is 116 cm³/mol. The molecule has 3 rings (SSSR count). The van der Waals surface area contributed by atoms with Crippen LogP contribution >= 0.6 is 24.0 Å². The zero-order valence-electron chi connectivity index (χ0n) is 15.5. The molecule has 1 heterocycles.